The molecule has 1 atom stereocenters. The van der Waals surface area contributed by atoms with Crippen LogP contribution in [0.25, 0.3) is 0 Å². The molecule has 0 aliphatic carbocycles. The second-order valence-electron chi connectivity index (χ2n) is 9.77. The summed E-state index contributed by atoms with van der Waals surface area (Å²) in [6.07, 6.45) is 0. The Morgan fingerprint density at radius 2 is 1.47 bits per heavy atom. The minimum Gasteiger partial charge on any atom is -0.297 e. The number of fused-ring (bicyclic) bond motifs is 2. The predicted molar refractivity (Wildman–Crippen MR) is 145 cm³/mol. The second-order valence-corrected chi connectivity index (χ2v) is 10.9. The van der Waals surface area contributed by atoms with Crippen molar-refractivity contribution in [2.45, 2.75) is 18.3 Å². The zero-order valence-electron chi connectivity index (χ0n) is 20.5. The molecular weight excluding hydrogens is 468 g/mol. The van der Waals surface area contributed by atoms with Crippen molar-refractivity contribution < 1.29 is 9.59 Å². The van der Waals surface area contributed by atoms with E-state index < -0.39 is 4.87 Å². The molecule has 3 aromatic rings. The topological polar surface area (TPSA) is 47.1 Å². The SMILES string of the molecule is Cc1ccc(N2C(=O)CS[C@@]23C(=O)N(CN2CCN(Cc4ccccc4)CC2)c2ccccc23)cc1. The number of amides is 2. The fraction of sp³-hybridized carbons (Fsp3) is 0.310. The van der Waals surface area contributed by atoms with Crippen molar-refractivity contribution in [1.29, 1.82) is 0 Å². The number of hydrogen-bond acceptors (Lipinski definition) is 5. The highest BCUT2D eigenvalue weighted by Gasteiger charge is 2.61. The average Bonchev–Trinajstić information content (AvgIpc) is 3.37. The zero-order chi connectivity index (χ0) is 24.7. The van der Waals surface area contributed by atoms with E-state index in [0.29, 0.717) is 12.4 Å². The van der Waals surface area contributed by atoms with Crippen molar-refractivity contribution in [2.75, 3.05) is 48.4 Å². The van der Waals surface area contributed by atoms with Crippen LogP contribution in [0, 0.1) is 6.92 Å². The molecule has 6 nitrogen and oxygen atoms in total. The van der Waals surface area contributed by atoms with Crippen LogP contribution in [0.15, 0.2) is 78.9 Å². The van der Waals surface area contributed by atoms with Crippen LogP contribution >= 0.6 is 11.8 Å². The van der Waals surface area contributed by atoms with Crippen molar-refractivity contribution in [1.82, 2.24) is 9.80 Å². The van der Waals surface area contributed by atoms with Gasteiger partial charge in [0.25, 0.3) is 5.91 Å². The summed E-state index contributed by atoms with van der Waals surface area (Å²) in [5.74, 6) is 0.246. The maximum absolute atomic E-state index is 14.2. The number of aryl methyl sites for hydroxylation is 1. The molecule has 7 heteroatoms. The van der Waals surface area contributed by atoms with Crippen molar-refractivity contribution in [2.24, 2.45) is 0 Å². The molecule has 3 aliphatic heterocycles. The Kier molecular flexibility index (Phi) is 6.07. The summed E-state index contributed by atoms with van der Waals surface area (Å²) in [6, 6.07) is 26.4. The van der Waals surface area contributed by atoms with E-state index in [4.69, 9.17) is 0 Å². The molecule has 6 rings (SSSR count). The lowest BCUT2D eigenvalue weighted by Crippen LogP contribution is -2.54. The van der Waals surface area contributed by atoms with E-state index in [1.807, 2.05) is 60.4 Å². The van der Waals surface area contributed by atoms with Gasteiger partial charge in [0.1, 0.15) is 0 Å². The highest BCUT2D eigenvalue weighted by molar-refractivity contribution is 8.02. The monoisotopic (exact) mass is 498 g/mol. The zero-order valence-corrected chi connectivity index (χ0v) is 21.3. The van der Waals surface area contributed by atoms with Gasteiger partial charge in [0.2, 0.25) is 10.8 Å². The van der Waals surface area contributed by atoms with Crippen LogP contribution in [-0.4, -0.2) is 60.2 Å². The maximum Gasteiger partial charge on any atom is 0.269 e. The first kappa shape index (κ1) is 23.3. The van der Waals surface area contributed by atoms with E-state index in [2.05, 4.69) is 40.1 Å². The third-order valence-electron chi connectivity index (χ3n) is 7.41. The number of anilines is 2. The third-order valence-corrected chi connectivity index (χ3v) is 8.80. The van der Waals surface area contributed by atoms with Gasteiger partial charge in [0.05, 0.1) is 18.1 Å². The van der Waals surface area contributed by atoms with Gasteiger partial charge in [-0.3, -0.25) is 29.2 Å². The van der Waals surface area contributed by atoms with Gasteiger partial charge in [-0.1, -0.05) is 66.2 Å². The Morgan fingerprint density at radius 1 is 0.806 bits per heavy atom. The largest absolute Gasteiger partial charge is 0.297 e. The highest BCUT2D eigenvalue weighted by atomic mass is 32.2. The number of nitrogens with zero attached hydrogens (tertiary/aromatic N) is 4. The van der Waals surface area contributed by atoms with Crippen LogP contribution in [0.3, 0.4) is 0 Å². The first-order valence-corrected chi connectivity index (χ1v) is 13.5. The number of piperazine rings is 1. The van der Waals surface area contributed by atoms with Gasteiger partial charge in [0.15, 0.2) is 0 Å². The highest BCUT2D eigenvalue weighted by Crippen LogP contribution is 2.55. The van der Waals surface area contributed by atoms with E-state index in [-0.39, 0.29) is 11.8 Å². The summed E-state index contributed by atoms with van der Waals surface area (Å²) in [5.41, 5.74) is 5.05. The first-order valence-electron chi connectivity index (χ1n) is 12.5. The maximum atomic E-state index is 14.2. The number of para-hydroxylation sites is 1. The molecule has 36 heavy (non-hydrogen) atoms. The lowest BCUT2D eigenvalue weighted by Gasteiger charge is -2.37. The van der Waals surface area contributed by atoms with Crippen molar-refractivity contribution in [3.8, 4) is 0 Å². The van der Waals surface area contributed by atoms with E-state index >= 15 is 0 Å². The Balaban J connectivity index is 1.24. The number of hydrogen-bond donors (Lipinski definition) is 0. The molecule has 3 heterocycles. The summed E-state index contributed by atoms with van der Waals surface area (Å²) in [7, 11) is 0. The second kappa shape index (κ2) is 9.39. The molecule has 0 saturated carbocycles. The summed E-state index contributed by atoms with van der Waals surface area (Å²) < 4.78 is 0. The Morgan fingerprint density at radius 3 is 2.22 bits per heavy atom. The Bertz CT molecular complexity index is 1270. The van der Waals surface area contributed by atoms with Crippen molar-refractivity contribution >= 4 is 35.0 Å². The van der Waals surface area contributed by atoms with Gasteiger partial charge in [-0.2, -0.15) is 0 Å². The van der Waals surface area contributed by atoms with Crippen LogP contribution in [-0.2, 0) is 21.0 Å². The van der Waals surface area contributed by atoms with E-state index in [9.17, 15) is 9.59 Å². The summed E-state index contributed by atoms with van der Waals surface area (Å²) in [4.78, 5) is 34.8. The number of rotatable bonds is 5. The number of carbonyl (C=O) groups is 2. The molecular formula is C29H30N4O2S. The molecule has 2 saturated heterocycles. The van der Waals surface area contributed by atoms with E-state index in [0.717, 1.165) is 55.2 Å². The molecule has 3 aliphatic rings. The lowest BCUT2D eigenvalue weighted by atomic mass is 10.0. The minimum atomic E-state index is -1.04. The molecule has 0 radical (unpaired) electrons. The molecule has 3 aromatic carbocycles. The predicted octanol–water partition coefficient (Wildman–Crippen LogP) is 4.05. The summed E-state index contributed by atoms with van der Waals surface area (Å²) >= 11 is 1.44. The molecule has 1 spiro atoms. The quantitative estimate of drug-likeness (QED) is 0.531. The van der Waals surface area contributed by atoms with Crippen molar-refractivity contribution in [3.05, 3.63) is 95.6 Å². The standard InChI is InChI=1S/C29H30N4O2S/c1-22-11-13-24(14-12-22)33-27(34)20-36-29(33)25-9-5-6-10-26(25)32(28(29)35)21-31-17-15-30(16-18-31)19-23-7-3-2-4-8-23/h2-14H,15-21H2,1H3/t29-/m0/s1. The molecule has 0 unspecified atom stereocenters. The summed E-state index contributed by atoms with van der Waals surface area (Å²) in [6.45, 7) is 7.25. The Labute approximate surface area is 216 Å². The molecule has 2 fully saturated rings. The smallest absolute Gasteiger partial charge is 0.269 e. The number of benzene rings is 3. The van der Waals surface area contributed by atoms with E-state index in [1.54, 1.807) is 4.90 Å². The van der Waals surface area contributed by atoms with Gasteiger partial charge in [-0.05, 0) is 30.7 Å². The Hall–Kier alpha value is -3.13. The minimum absolute atomic E-state index is 0.0214. The van der Waals surface area contributed by atoms with Crippen LogP contribution in [0.1, 0.15) is 16.7 Å². The molecule has 0 N–H and O–H groups in total. The first-order chi connectivity index (χ1) is 17.6. The van der Waals surface area contributed by atoms with Crippen LogP contribution < -0.4 is 9.80 Å². The van der Waals surface area contributed by atoms with Crippen LogP contribution in [0.2, 0.25) is 0 Å². The normalized spacial score (nSPS) is 22.6. The molecule has 184 valence electrons. The lowest BCUT2D eigenvalue weighted by molar-refractivity contribution is -0.124. The van der Waals surface area contributed by atoms with Gasteiger partial charge in [-0.25, -0.2) is 0 Å². The van der Waals surface area contributed by atoms with Crippen molar-refractivity contribution in [3.63, 3.8) is 0 Å². The van der Waals surface area contributed by atoms with E-state index in [1.165, 1.54) is 17.3 Å². The number of carbonyl (C=O) groups excluding carboxylic acids is 2. The molecule has 2 amide bonds. The average molecular weight is 499 g/mol. The number of thioether (sulfide) groups is 1. The molecule has 0 bridgehead atoms. The van der Waals surface area contributed by atoms with Gasteiger partial charge in [0, 0.05) is 44.0 Å². The van der Waals surface area contributed by atoms with Crippen LogP contribution in [0.5, 0.6) is 0 Å². The third kappa shape index (κ3) is 3.92. The fourth-order valence-corrected chi connectivity index (χ4v) is 6.88. The van der Waals surface area contributed by atoms with Gasteiger partial charge >= 0.3 is 0 Å². The van der Waals surface area contributed by atoms with Gasteiger partial charge < -0.3 is 0 Å². The van der Waals surface area contributed by atoms with Crippen LogP contribution in [0.4, 0.5) is 11.4 Å². The molecule has 0 aromatic heterocycles. The fourth-order valence-electron chi connectivity index (χ4n) is 5.52. The van der Waals surface area contributed by atoms with Gasteiger partial charge in [-0.15, -0.1) is 11.8 Å². The summed E-state index contributed by atoms with van der Waals surface area (Å²) in [5, 5.41) is 0.